The number of carboxylic acid groups (broad SMARTS) is 1. The zero-order valence-electron chi connectivity index (χ0n) is 8.96. The molecule has 0 radical (unpaired) electrons. The van der Waals surface area contributed by atoms with Gasteiger partial charge >= 0.3 is 11.9 Å². The molecule has 6 nitrogen and oxygen atoms in total. The lowest BCUT2D eigenvalue weighted by atomic mass is 10.2. The molecule has 0 unspecified atom stereocenters. The van der Waals surface area contributed by atoms with E-state index < -0.39 is 21.7 Å². The summed E-state index contributed by atoms with van der Waals surface area (Å²) in [5.74, 6) is -3.02. The molecule has 0 bridgehead atoms. The summed E-state index contributed by atoms with van der Waals surface area (Å²) in [6.07, 6.45) is 0. The molecular formula is C10H8BrNO5S. The molecule has 1 aliphatic rings. The maximum atomic E-state index is 11.9. The number of halogens is 1. The van der Waals surface area contributed by atoms with Gasteiger partial charge in [0, 0.05) is 11.0 Å². The summed E-state index contributed by atoms with van der Waals surface area (Å²) in [7, 11) is -3.47. The Morgan fingerprint density at radius 2 is 2.00 bits per heavy atom. The van der Waals surface area contributed by atoms with Crippen molar-refractivity contribution in [2.45, 2.75) is 4.90 Å². The highest BCUT2D eigenvalue weighted by atomic mass is 79.9. The zero-order valence-corrected chi connectivity index (χ0v) is 11.4. The third-order valence-corrected chi connectivity index (χ3v) is 4.77. The van der Waals surface area contributed by atoms with Crippen molar-refractivity contribution >= 4 is 43.3 Å². The van der Waals surface area contributed by atoms with Crippen molar-refractivity contribution in [2.24, 2.45) is 0 Å². The molecule has 0 atom stereocenters. The van der Waals surface area contributed by atoms with Crippen LogP contribution in [-0.4, -0.2) is 37.7 Å². The number of carboxylic acids is 1. The number of sulfone groups is 1. The van der Waals surface area contributed by atoms with Crippen molar-refractivity contribution in [3.8, 4) is 0 Å². The van der Waals surface area contributed by atoms with E-state index in [1.54, 1.807) is 6.07 Å². The van der Waals surface area contributed by atoms with Crippen molar-refractivity contribution in [2.75, 3.05) is 17.2 Å². The number of fused-ring (bicyclic) bond motifs is 1. The van der Waals surface area contributed by atoms with E-state index in [4.69, 9.17) is 5.11 Å². The van der Waals surface area contributed by atoms with Crippen LogP contribution in [0.5, 0.6) is 0 Å². The zero-order chi connectivity index (χ0) is 13.5. The van der Waals surface area contributed by atoms with Gasteiger partial charge in [-0.15, -0.1) is 0 Å². The summed E-state index contributed by atoms with van der Waals surface area (Å²) in [5.41, 5.74) is 0.108. The molecule has 0 saturated heterocycles. The number of hydrogen-bond donors (Lipinski definition) is 1. The number of rotatable bonds is 0. The number of benzene rings is 1. The number of amides is 1. The van der Waals surface area contributed by atoms with Crippen LogP contribution in [0.4, 0.5) is 5.69 Å². The summed E-state index contributed by atoms with van der Waals surface area (Å²) in [6.45, 7) is -0.151. The number of aliphatic carboxylic acids is 1. The second-order valence-electron chi connectivity index (χ2n) is 3.69. The molecule has 96 valence electrons. The minimum absolute atomic E-state index is 0.0299. The first kappa shape index (κ1) is 13.0. The van der Waals surface area contributed by atoms with Gasteiger partial charge in [-0.25, -0.2) is 13.2 Å². The van der Waals surface area contributed by atoms with E-state index >= 15 is 0 Å². The highest BCUT2D eigenvalue weighted by Gasteiger charge is 2.34. The predicted octanol–water partition coefficient (Wildman–Crippen LogP) is 0.654. The summed E-state index contributed by atoms with van der Waals surface area (Å²) in [4.78, 5) is 23.1. The minimum Gasteiger partial charge on any atom is -0.474 e. The molecule has 1 N–H and O–H groups in total. The molecule has 0 saturated carbocycles. The molecule has 2 rings (SSSR count). The molecule has 18 heavy (non-hydrogen) atoms. The van der Waals surface area contributed by atoms with Crippen molar-refractivity contribution in [3.63, 3.8) is 0 Å². The van der Waals surface area contributed by atoms with E-state index in [1.807, 2.05) is 0 Å². The summed E-state index contributed by atoms with van der Waals surface area (Å²) >= 11 is 3.14. The van der Waals surface area contributed by atoms with Gasteiger partial charge in [0.25, 0.3) is 0 Å². The van der Waals surface area contributed by atoms with Gasteiger partial charge < -0.3 is 10.0 Å². The largest absolute Gasteiger partial charge is 0.474 e. The van der Waals surface area contributed by atoms with Gasteiger partial charge in [0.1, 0.15) is 0 Å². The van der Waals surface area contributed by atoms with E-state index in [0.717, 1.165) is 4.90 Å². The van der Waals surface area contributed by atoms with Crippen LogP contribution in [0.3, 0.4) is 0 Å². The Kier molecular flexibility index (Phi) is 3.16. The minimum atomic E-state index is -3.47. The SMILES string of the molecule is O=C(O)C(=O)N1CCS(=O)(=O)c2cc(Br)ccc21. The van der Waals surface area contributed by atoms with Crippen LogP contribution < -0.4 is 4.90 Å². The second kappa shape index (κ2) is 4.36. The average Bonchev–Trinajstić information content (AvgIpc) is 2.29. The smallest absolute Gasteiger partial charge is 0.394 e. The third-order valence-electron chi connectivity index (χ3n) is 2.56. The quantitative estimate of drug-likeness (QED) is 0.704. The Morgan fingerprint density at radius 1 is 1.33 bits per heavy atom. The van der Waals surface area contributed by atoms with Crippen LogP contribution in [0.2, 0.25) is 0 Å². The number of carbonyl (C=O) groups is 2. The fraction of sp³-hybridized carbons (Fsp3) is 0.200. The highest BCUT2D eigenvalue weighted by Crippen LogP contribution is 2.32. The monoisotopic (exact) mass is 333 g/mol. The van der Waals surface area contributed by atoms with Crippen molar-refractivity contribution in [1.82, 2.24) is 0 Å². The Bertz CT molecular complexity index is 640. The molecule has 1 heterocycles. The molecule has 0 spiro atoms. The average molecular weight is 334 g/mol. The van der Waals surface area contributed by atoms with Gasteiger partial charge in [-0.2, -0.15) is 0 Å². The lowest BCUT2D eigenvalue weighted by Gasteiger charge is -2.27. The lowest BCUT2D eigenvalue weighted by Crippen LogP contribution is -2.43. The van der Waals surface area contributed by atoms with E-state index in [0.29, 0.717) is 4.47 Å². The Labute approximate surface area is 111 Å². The lowest BCUT2D eigenvalue weighted by molar-refractivity contribution is -0.148. The summed E-state index contributed by atoms with van der Waals surface area (Å²) < 4.78 is 24.3. The van der Waals surface area contributed by atoms with Gasteiger partial charge in [-0.1, -0.05) is 15.9 Å². The molecule has 0 aliphatic carbocycles. The van der Waals surface area contributed by atoms with Crippen LogP contribution in [0.1, 0.15) is 0 Å². The van der Waals surface area contributed by atoms with Crippen molar-refractivity contribution in [1.29, 1.82) is 0 Å². The maximum Gasteiger partial charge on any atom is 0.394 e. The Hall–Kier alpha value is -1.41. The molecule has 1 aromatic carbocycles. The van der Waals surface area contributed by atoms with Crippen molar-refractivity contribution in [3.05, 3.63) is 22.7 Å². The first-order valence-corrected chi connectivity index (χ1v) is 7.34. The topological polar surface area (TPSA) is 91.8 Å². The van der Waals surface area contributed by atoms with Crippen LogP contribution in [0, 0.1) is 0 Å². The molecule has 8 heteroatoms. The summed E-state index contributed by atoms with van der Waals surface area (Å²) in [5, 5.41) is 8.69. The maximum absolute atomic E-state index is 11.9. The number of carbonyl (C=O) groups excluding carboxylic acids is 1. The molecule has 1 amide bonds. The van der Waals surface area contributed by atoms with E-state index in [2.05, 4.69) is 15.9 Å². The first-order valence-electron chi connectivity index (χ1n) is 4.90. The molecular weight excluding hydrogens is 326 g/mol. The number of hydrogen-bond acceptors (Lipinski definition) is 4. The van der Waals surface area contributed by atoms with Crippen LogP contribution >= 0.6 is 15.9 Å². The van der Waals surface area contributed by atoms with Gasteiger partial charge in [-0.05, 0) is 18.2 Å². The van der Waals surface area contributed by atoms with Crippen LogP contribution in [0.15, 0.2) is 27.6 Å². The highest BCUT2D eigenvalue weighted by molar-refractivity contribution is 9.10. The molecule has 1 aromatic rings. The van der Waals surface area contributed by atoms with Gasteiger partial charge in [0.2, 0.25) is 0 Å². The fourth-order valence-corrected chi connectivity index (χ4v) is 3.69. The van der Waals surface area contributed by atoms with Gasteiger partial charge in [-0.3, -0.25) is 4.79 Å². The Morgan fingerprint density at radius 3 is 2.61 bits per heavy atom. The van der Waals surface area contributed by atoms with Crippen LogP contribution in [-0.2, 0) is 19.4 Å². The van der Waals surface area contributed by atoms with Crippen molar-refractivity contribution < 1.29 is 23.1 Å². The number of nitrogens with zero attached hydrogens (tertiary/aromatic N) is 1. The Balaban J connectivity index is 2.61. The van der Waals surface area contributed by atoms with Gasteiger partial charge in [0.05, 0.1) is 16.3 Å². The standard InChI is InChI=1S/C10H8BrNO5S/c11-6-1-2-7-8(5-6)18(16,17)4-3-12(7)9(13)10(14)15/h1-2,5H,3-4H2,(H,14,15). The normalized spacial score (nSPS) is 17.1. The predicted molar refractivity (Wildman–Crippen MR) is 66.2 cm³/mol. The van der Waals surface area contributed by atoms with Crippen LogP contribution in [0.25, 0.3) is 0 Å². The van der Waals surface area contributed by atoms with E-state index in [-0.39, 0.29) is 22.9 Å². The third kappa shape index (κ3) is 2.13. The first-order chi connectivity index (χ1) is 8.33. The van der Waals surface area contributed by atoms with E-state index in [9.17, 15) is 18.0 Å². The van der Waals surface area contributed by atoms with E-state index in [1.165, 1.54) is 12.1 Å². The second-order valence-corrected chi connectivity index (χ2v) is 6.69. The fourth-order valence-electron chi connectivity index (χ4n) is 1.73. The van der Waals surface area contributed by atoms with Gasteiger partial charge in [0.15, 0.2) is 9.84 Å². The molecule has 0 aromatic heterocycles. The molecule has 0 fully saturated rings. The summed E-state index contributed by atoms with van der Waals surface area (Å²) in [6, 6.07) is 4.34. The number of anilines is 1. The molecule has 1 aliphatic heterocycles.